The van der Waals surface area contributed by atoms with Gasteiger partial charge >= 0.3 is 29.6 Å². The molecular weight excluding hydrogens is 153 g/mol. The molecular formula is C5H5F2NaO2. The second-order valence-electron chi connectivity index (χ2n) is 2.28. The van der Waals surface area contributed by atoms with Crippen LogP contribution in [0.25, 0.3) is 0 Å². The molecule has 0 spiro atoms. The molecule has 0 atom stereocenters. The zero-order valence-corrected chi connectivity index (χ0v) is 7.56. The Balaban J connectivity index is 0.000000810. The van der Waals surface area contributed by atoms with E-state index in [-0.39, 0.29) is 29.6 Å². The molecule has 1 rings (SSSR count). The van der Waals surface area contributed by atoms with Crippen molar-refractivity contribution in [2.75, 3.05) is 0 Å². The van der Waals surface area contributed by atoms with E-state index in [0.29, 0.717) is 0 Å². The van der Waals surface area contributed by atoms with Crippen molar-refractivity contribution in [2.45, 2.75) is 18.8 Å². The second kappa shape index (κ2) is 3.15. The van der Waals surface area contributed by atoms with E-state index >= 15 is 0 Å². The molecule has 5 heteroatoms. The second-order valence-corrected chi connectivity index (χ2v) is 2.28. The van der Waals surface area contributed by atoms with Crippen molar-refractivity contribution >= 4 is 5.97 Å². The predicted octanol–water partition coefficient (Wildman–Crippen LogP) is -3.21. The van der Waals surface area contributed by atoms with Crippen molar-refractivity contribution in [1.82, 2.24) is 0 Å². The predicted molar refractivity (Wildman–Crippen MR) is 22.7 cm³/mol. The first-order chi connectivity index (χ1) is 4.01. The number of carboxylic acid groups (broad SMARTS) is 1. The number of halogens is 2. The van der Waals surface area contributed by atoms with Crippen LogP contribution >= 0.6 is 0 Å². The summed E-state index contributed by atoms with van der Waals surface area (Å²) in [6.45, 7) is 0. The van der Waals surface area contributed by atoms with E-state index in [9.17, 15) is 18.7 Å². The maximum absolute atomic E-state index is 11.9. The molecule has 0 aromatic rings. The number of carbonyl (C=O) groups is 1. The van der Waals surface area contributed by atoms with E-state index in [1.54, 1.807) is 0 Å². The molecule has 1 aliphatic rings. The number of hydrogen-bond donors (Lipinski definition) is 0. The van der Waals surface area contributed by atoms with Crippen molar-refractivity contribution in [3.8, 4) is 0 Å². The third-order valence-electron chi connectivity index (χ3n) is 1.42. The van der Waals surface area contributed by atoms with Gasteiger partial charge < -0.3 is 9.90 Å². The summed E-state index contributed by atoms with van der Waals surface area (Å²) in [7, 11) is 0. The number of carboxylic acids is 1. The minimum atomic E-state index is -2.75. The van der Waals surface area contributed by atoms with Crippen molar-refractivity contribution in [3.63, 3.8) is 0 Å². The summed E-state index contributed by atoms with van der Waals surface area (Å²) in [5.41, 5.74) is 0. The van der Waals surface area contributed by atoms with Crippen LogP contribution in [0.1, 0.15) is 12.8 Å². The molecule has 0 aromatic heterocycles. The van der Waals surface area contributed by atoms with E-state index in [4.69, 9.17) is 0 Å². The number of alkyl halides is 2. The molecule has 2 nitrogen and oxygen atoms in total. The summed E-state index contributed by atoms with van der Waals surface area (Å²) in [6, 6.07) is 0. The topological polar surface area (TPSA) is 40.1 Å². The molecule has 1 aliphatic carbocycles. The van der Waals surface area contributed by atoms with Crippen LogP contribution in [0.3, 0.4) is 0 Å². The summed E-state index contributed by atoms with van der Waals surface area (Å²) in [6.07, 6.45) is -1.09. The van der Waals surface area contributed by atoms with Crippen LogP contribution in [-0.2, 0) is 4.79 Å². The molecule has 0 saturated heterocycles. The zero-order valence-electron chi connectivity index (χ0n) is 5.56. The van der Waals surface area contributed by atoms with Gasteiger partial charge in [-0.1, -0.05) is 0 Å². The van der Waals surface area contributed by atoms with Crippen LogP contribution in [0.15, 0.2) is 0 Å². The van der Waals surface area contributed by atoms with Gasteiger partial charge in [0.05, 0.1) is 0 Å². The van der Waals surface area contributed by atoms with Gasteiger partial charge in [-0.3, -0.25) is 0 Å². The van der Waals surface area contributed by atoms with Gasteiger partial charge in [0, 0.05) is 24.7 Å². The van der Waals surface area contributed by atoms with E-state index in [0.717, 1.165) is 0 Å². The molecule has 1 saturated carbocycles. The Bertz CT molecular complexity index is 141. The van der Waals surface area contributed by atoms with Crippen LogP contribution in [0.5, 0.6) is 0 Å². The summed E-state index contributed by atoms with van der Waals surface area (Å²) in [4.78, 5) is 9.82. The minimum Gasteiger partial charge on any atom is -0.550 e. The van der Waals surface area contributed by atoms with E-state index in [1.165, 1.54) is 0 Å². The van der Waals surface area contributed by atoms with Crippen molar-refractivity contribution in [1.29, 1.82) is 0 Å². The van der Waals surface area contributed by atoms with Crippen molar-refractivity contribution in [2.24, 2.45) is 5.92 Å². The third-order valence-corrected chi connectivity index (χ3v) is 1.42. The number of carbonyl (C=O) groups excluding carboxylic acids is 1. The first-order valence-corrected chi connectivity index (χ1v) is 2.60. The quantitative estimate of drug-likeness (QED) is 0.377. The summed E-state index contributed by atoms with van der Waals surface area (Å²) in [5, 5.41) is 9.82. The van der Waals surface area contributed by atoms with Crippen LogP contribution in [0.2, 0.25) is 0 Å². The molecule has 52 valence electrons. The fourth-order valence-corrected chi connectivity index (χ4v) is 0.828. The SMILES string of the molecule is O=C([O-])C1CC(F)(F)C1.[Na+]. The molecule has 0 aliphatic heterocycles. The molecule has 0 aromatic carbocycles. The summed E-state index contributed by atoms with van der Waals surface area (Å²) >= 11 is 0. The van der Waals surface area contributed by atoms with Gasteiger partial charge in [0.2, 0.25) is 5.92 Å². The maximum atomic E-state index is 11.9. The van der Waals surface area contributed by atoms with Crippen LogP contribution in [-0.4, -0.2) is 11.9 Å². The summed E-state index contributed by atoms with van der Waals surface area (Å²) < 4.78 is 23.7. The van der Waals surface area contributed by atoms with Gasteiger partial charge in [-0.05, 0) is 0 Å². The van der Waals surface area contributed by atoms with Crippen molar-refractivity contribution in [3.05, 3.63) is 0 Å². The number of hydrogen-bond acceptors (Lipinski definition) is 2. The van der Waals surface area contributed by atoms with E-state index in [1.807, 2.05) is 0 Å². The summed E-state index contributed by atoms with van der Waals surface area (Å²) in [5.74, 6) is -5.02. The molecule has 0 unspecified atom stereocenters. The van der Waals surface area contributed by atoms with E-state index in [2.05, 4.69) is 0 Å². The number of rotatable bonds is 1. The Kier molecular flexibility index (Phi) is 3.26. The average Bonchev–Trinajstić information content (AvgIpc) is 1.59. The Morgan fingerprint density at radius 1 is 1.50 bits per heavy atom. The Hall–Kier alpha value is 0.330. The van der Waals surface area contributed by atoms with Crippen LogP contribution in [0.4, 0.5) is 8.78 Å². The first-order valence-electron chi connectivity index (χ1n) is 2.60. The Labute approximate surface area is 78.9 Å². The fraction of sp³-hybridized carbons (Fsp3) is 0.800. The maximum Gasteiger partial charge on any atom is 1.00 e. The van der Waals surface area contributed by atoms with Gasteiger partial charge in [0.15, 0.2) is 0 Å². The zero-order chi connectivity index (χ0) is 7.07. The fourth-order valence-electron chi connectivity index (χ4n) is 0.828. The molecule has 0 bridgehead atoms. The van der Waals surface area contributed by atoms with Crippen LogP contribution < -0.4 is 34.7 Å². The average molecular weight is 158 g/mol. The van der Waals surface area contributed by atoms with Gasteiger partial charge in [0.1, 0.15) is 0 Å². The molecule has 0 radical (unpaired) electrons. The monoisotopic (exact) mass is 158 g/mol. The Morgan fingerprint density at radius 2 is 1.90 bits per heavy atom. The third kappa shape index (κ3) is 2.18. The first kappa shape index (κ1) is 10.3. The standard InChI is InChI=1S/C5H6F2O2.Na/c6-5(7)1-3(2-5)4(8)9;/h3H,1-2H2,(H,8,9);/q;+1/p-1. The van der Waals surface area contributed by atoms with Gasteiger partial charge in [0.25, 0.3) is 0 Å². The molecule has 10 heavy (non-hydrogen) atoms. The molecule has 1 fully saturated rings. The van der Waals surface area contributed by atoms with E-state index < -0.39 is 30.7 Å². The van der Waals surface area contributed by atoms with Crippen molar-refractivity contribution < 1.29 is 48.2 Å². The largest absolute Gasteiger partial charge is 1.00 e. The van der Waals surface area contributed by atoms with Crippen LogP contribution in [0, 0.1) is 5.92 Å². The minimum absolute atomic E-state index is 0. The molecule has 0 N–H and O–H groups in total. The number of aliphatic carboxylic acids is 1. The van der Waals surface area contributed by atoms with Gasteiger partial charge in [-0.25, -0.2) is 8.78 Å². The smallest absolute Gasteiger partial charge is 0.550 e. The molecule has 0 amide bonds. The Morgan fingerprint density at radius 3 is 2.00 bits per heavy atom. The molecule has 0 heterocycles. The normalized spacial score (nSPS) is 22.6. The van der Waals surface area contributed by atoms with Gasteiger partial charge in [-0.15, -0.1) is 0 Å². The van der Waals surface area contributed by atoms with Gasteiger partial charge in [-0.2, -0.15) is 0 Å².